The van der Waals surface area contributed by atoms with Crippen molar-refractivity contribution in [3.8, 4) is 0 Å². The van der Waals surface area contributed by atoms with E-state index in [4.69, 9.17) is 5.73 Å². The Balaban J connectivity index is 1.96. The summed E-state index contributed by atoms with van der Waals surface area (Å²) in [4.78, 5) is 0. The molecule has 4 N–H and O–H groups in total. The van der Waals surface area contributed by atoms with Crippen molar-refractivity contribution in [1.29, 1.82) is 0 Å². The lowest BCUT2D eigenvalue weighted by Crippen LogP contribution is -2.41. The van der Waals surface area contributed by atoms with Crippen LogP contribution in [0.25, 0.3) is 0 Å². The monoisotopic (exact) mass is 248 g/mol. The molecule has 0 aliphatic heterocycles. The Morgan fingerprint density at radius 3 is 2.94 bits per heavy atom. The molecule has 1 aliphatic rings. The van der Waals surface area contributed by atoms with E-state index in [9.17, 15) is 5.11 Å². The van der Waals surface area contributed by atoms with Gasteiger partial charge in [0.1, 0.15) is 0 Å². The van der Waals surface area contributed by atoms with Crippen LogP contribution in [-0.4, -0.2) is 17.3 Å². The van der Waals surface area contributed by atoms with Gasteiger partial charge >= 0.3 is 0 Å². The van der Waals surface area contributed by atoms with E-state index >= 15 is 0 Å². The highest BCUT2D eigenvalue weighted by Gasteiger charge is 2.32. The summed E-state index contributed by atoms with van der Waals surface area (Å²) in [5.41, 5.74) is 8.20. The molecular weight excluding hydrogens is 224 g/mol. The summed E-state index contributed by atoms with van der Waals surface area (Å²) in [5.74, 6) is 0.619. The van der Waals surface area contributed by atoms with E-state index in [1.165, 1.54) is 6.42 Å². The third-order valence-corrected chi connectivity index (χ3v) is 3.97. The van der Waals surface area contributed by atoms with Gasteiger partial charge in [0.15, 0.2) is 0 Å². The molecule has 1 aliphatic carbocycles. The largest absolute Gasteiger partial charge is 0.398 e. The SMILES string of the molecule is Cc1ccc(NCC2(O)CCCC(C)C2)cc1N. The summed E-state index contributed by atoms with van der Waals surface area (Å²) in [7, 11) is 0. The van der Waals surface area contributed by atoms with Gasteiger partial charge in [-0.25, -0.2) is 0 Å². The zero-order valence-electron chi connectivity index (χ0n) is 11.4. The van der Waals surface area contributed by atoms with Gasteiger partial charge in [-0.15, -0.1) is 0 Å². The van der Waals surface area contributed by atoms with Crippen LogP contribution in [0.2, 0.25) is 0 Å². The molecule has 1 fully saturated rings. The van der Waals surface area contributed by atoms with Crippen molar-refractivity contribution < 1.29 is 5.11 Å². The van der Waals surface area contributed by atoms with Gasteiger partial charge < -0.3 is 16.2 Å². The molecule has 100 valence electrons. The van der Waals surface area contributed by atoms with E-state index in [1.807, 2.05) is 25.1 Å². The predicted octanol–water partition coefficient (Wildman–Crippen LogP) is 2.93. The summed E-state index contributed by atoms with van der Waals surface area (Å²) in [6.45, 7) is 4.82. The predicted molar refractivity (Wildman–Crippen MR) is 76.7 cm³/mol. The number of benzene rings is 1. The van der Waals surface area contributed by atoms with Crippen LogP contribution in [0.1, 0.15) is 38.2 Å². The standard InChI is InChI=1S/C15H24N2O/c1-11-4-3-7-15(18,9-11)10-17-13-6-5-12(2)14(16)8-13/h5-6,8,11,17-18H,3-4,7,9-10,16H2,1-2H3. The van der Waals surface area contributed by atoms with Crippen LogP contribution in [0.4, 0.5) is 11.4 Å². The van der Waals surface area contributed by atoms with Crippen LogP contribution in [-0.2, 0) is 0 Å². The number of nitrogen functional groups attached to an aromatic ring is 1. The van der Waals surface area contributed by atoms with E-state index in [-0.39, 0.29) is 0 Å². The second-order valence-electron chi connectivity index (χ2n) is 5.85. The highest BCUT2D eigenvalue weighted by atomic mass is 16.3. The highest BCUT2D eigenvalue weighted by Crippen LogP contribution is 2.32. The smallest absolute Gasteiger partial charge is 0.0821 e. The third-order valence-electron chi connectivity index (χ3n) is 3.97. The van der Waals surface area contributed by atoms with E-state index in [0.717, 1.165) is 36.2 Å². The van der Waals surface area contributed by atoms with Gasteiger partial charge in [-0.3, -0.25) is 0 Å². The lowest BCUT2D eigenvalue weighted by molar-refractivity contribution is -0.000760. The fourth-order valence-electron chi connectivity index (χ4n) is 2.81. The fraction of sp³-hybridized carbons (Fsp3) is 0.600. The van der Waals surface area contributed by atoms with E-state index in [0.29, 0.717) is 12.5 Å². The summed E-state index contributed by atoms with van der Waals surface area (Å²) in [5, 5.41) is 13.8. The Morgan fingerprint density at radius 2 is 2.28 bits per heavy atom. The van der Waals surface area contributed by atoms with Crippen LogP contribution < -0.4 is 11.1 Å². The quantitative estimate of drug-likeness (QED) is 0.721. The van der Waals surface area contributed by atoms with Crippen molar-refractivity contribution >= 4 is 11.4 Å². The third kappa shape index (κ3) is 3.16. The lowest BCUT2D eigenvalue weighted by Gasteiger charge is -2.35. The number of anilines is 2. The molecule has 2 unspecified atom stereocenters. The second kappa shape index (κ2) is 5.19. The van der Waals surface area contributed by atoms with Crippen molar-refractivity contribution in [2.24, 2.45) is 5.92 Å². The molecule has 18 heavy (non-hydrogen) atoms. The summed E-state index contributed by atoms with van der Waals surface area (Å²) in [6.07, 6.45) is 4.14. The number of hydrogen-bond donors (Lipinski definition) is 3. The Bertz CT molecular complexity index is 419. The van der Waals surface area contributed by atoms with Gasteiger partial charge in [0, 0.05) is 17.9 Å². The number of hydrogen-bond acceptors (Lipinski definition) is 3. The summed E-state index contributed by atoms with van der Waals surface area (Å²) in [6, 6.07) is 5.96. The minimum Gasteiger partial charge on any atom is -0.398 e. The zero-order valence-corrected chi connectivity index (χ0v) is 11.4. The van der Waals surface area contributed by atoms with Gasteiger partial charge in [-0.05, 0) is 43.4 Å². The van der Waals surface area contributed by atoms with Gasteiger partial charge in [-0.2, -0.15) is 0 Å². The molecule has 0 spiro atoms. The first kappa shape index (κ1) is 13.2. The Labute approximate surface area is 109 Å². The maximum atomic E-state index is 10.5. The minimum atomic E-state index is -0.558. The van der Waals surface area contributed by atoms with Gasteiger partial charge in [0.05, 0.1) is 5.60 Å². The number of nitrogens with one attached hydrogen (secondary N) is 1. The molecule has 3 heteroatoms. The molecular formula is C15H24N2O. The Kier molecular flexibility index (Phi) is 3.81. The molecule has 1 aromatic rings. The summed E-state index contributed by atoms with van der Waals surface area (Å²) >= 11 is 0. The van der Waals surface area contributed by atoms with Crippen LogP contribution in [0, 0.1) is 12.8 Å². The molecule has 1 saturated carbocycles. The number of rotatable bonds is 3. The number of aryl methyl sites for hydroxylation is 1. The zero-order chi connectivity index (χ0) is 13.2. The van der Waals surface area contributed by atoms with Crippen LogP contribution >= 0.6 is 0 Å². The number of nitrogens with two attached hydrogens (primary N) is 1. The molecule has 0 aromatic heterocycles. The molecule has 3 nitrogen and oxygen atoms in total. The van der Waals surface area contributed by atoms with Crippen molar-refractivity contribution in [2.75, 3.05) is 17.6 Å². The molecule has 2 rings (SSSR count). The second-order valence-corrected chi connectivity index (χ2v) is 5.85. The first-order chi connectivity index (χ1) is 8.48. The molecule has 0 radical (unpaired) electrons. The van der Waals surface area contributed by atoms with Crippen molar-refractivity contribution in [3.05, 3.63) is 23.8 Å². The van der Waals surface area contributed by atoms with E-state index in [1.54, 1.807) is 0 Å². The first-order valence-corrected chi connectivity index (χ1v) is 6.81. The maximum absolute atomic E-state index is 10.5. The maximum Gasteiger partial charge on any atom is 0.0821 e. The number of aliphatic hydroxyl groups is 1. The van der Waals surface area contributed by atoms with E-state index in [2.05, 4.69) is 12.2 Å². The lowest BCUT2D eigenvalue weighted by atomic mass is 9.79. The van der Waals surface area contributed by atoms with Crippen molar-refractivity contribution in [1.82, 2.24) is 0 Å². The van der Waals surface area contributed by atoms with Crippen molar-refractivity contribution in [3.63, 3.8) is 0 Å². The molecule has 0 saturated heterocycles. The minimum absolute atomic E-state index is 0.558. The van der Waals surface area contributed by atoms with Crippen LogP contribution in [0.15, 0.2) is 18.2 Å². The highest BCUT2D eigenvalue weighted by molar-refractivity contribution is 5.58. The Morgan fingerprint density at radius 1 is 1.50 bits per heavy atom. The average Bonchev–Trinajstić information content (AvgIpc) is 2.31. The van der Waals surface area contributed by atoms with Gasteiger partial charge in [0.25, 0.3) is 0 Å². The molecule has 1 aromatic carbocycles. The normalized spacial score (nSPS) is 28.1. The average molecular weight is 248 g/mol. The van der Waals surface area contributed by atoms with Gasteiger partial charge in [-0.1, -0.05) is 25.8 Å². The Hall–Kier alpha value is -1.22. The van der Waals surface area contributed by atoms with Crippen LogP contribution in [0.3, 0.4) is 0 Å². The topological polar surface area (TPSA) is 58.3 Å². The van der Waals surface area contributed by atoms with Gasteiger partial charge in [0.2, 0.25) is 0 Å². The molecule has 0 heterocycles. The fourth-order valence-corrected chi connectivity index (χ4v) is 2.81. The first-order valence-electron chi connectivity index (χ1n) is 6.81. The summed E-state index contributed by atoms with van der Waals surface area (Å²) < 4.78 is 0. The van der Waals surface area contributed by atoms with E-state index < -0.39 is 5.60 Å². The van der Waals surface area contributed by atoms with Crippen molar-refractivity contribution in [2.45, 2.75) is 45.1 Å². The molecule has 2 atom stereocenters. The van der Waals surface area contributed by atoms with Crippen LogP contribution in [0.5, 0.6) is 0 Å². The molecule has 0 amide bonds. The molecule has 0 bridgehead atoms.